The van der Waals surface area contributed by atoms with Crippen LogP contribution in [0, 0.1) is 0 Å². The summed E-state index contributed by atoms with van der Waals surface area (Å²) in [7, 11) is 2.12. The van der Waals surface area contributed by atoms with Crippen molar-refractivity contribution < 1.29 is 4.74 Å². The molecule has 0 saturated carbocycles. The predicted octanol–water partition coefficient (Wildman–Crippen LogP) is 1.29. The van der Waals surface area contributed by atoms with E-state index in [0.717, 1.165) is 26.3 Å². The van der Waals surface area contributed by atoms with Crippen LogP contribution in [0.15, 0.2) is 18.3 Å². The van der Waals surface area contributed by atoms with Crippen molar-refractivity contribution in [2.75, 3.05) is 32.8 Å². The molecule has 3 heteroatoms. The van der Waals surface area contributed by atoms with Gasteiger partial charge >= 0.3 is 0 Å². The van der Waals surface area contributed by atoms with Crippen molar-refractivity contribution in [1.29, 1.82) is 0 Å². The van der Waals surface area contributed by atoms with Crippen molar-refractivity contribution in [2.45, 2.75) is 12.8 Å². The number of hydrogen-bond acceptors (Lipinski definition) is 2. The molecule has 0 unspecified atom stereocenters. The van der Waals surface area contributed by atoms with Crippen LogP contribution >= 0.6 is 0 Å². The van der Waals surface area contributed by atoms with Gasteiger partial charge in [0, 0.05) is 32.0 Å². The molecule has 15 heavy (non-hydrogen) atoms. The lowest BCUT2D eigenvalue weighted by atomic mass is 10.2. The fourth-order valence-corrected chi connectivity index (χ4v) is 2.06. The van der Waals surface area contributed by atoms with Gasteiger partial charge in [-0.15, -0.1) is 0 Å². The predicted molar refractivity (Wildman–Crippen MR) is 61.0 cm³/mol. The molecule has 3 nitrogen and oxygen atoms in total. The number of nitrogens with zero attached hydrogens (tertiary/aromatic N) is 2. The first-order chi connectivity index (χ1) is 7.36. The molecule has 2 rings (SSSR count). The second kappa shape index (κ2) is 5.33. The molecule has 1 aromatic rings. The number of ether oxygens (including phenoxy) is 1. The fraction of sp³-hybridized carbons (Fsp3) is 0.667. The van der Waals surface area contributed by atoms with Crippen molar-refractivity contribution in [3.05, 3.63) is 24.0 Å². The van der Waals surface area contributed by atoms with Crippen molar-refractivity contribution >= 4 is 0 Å². The number of aryl methyl sites for hydroxylation is 2. The van der Waals surface area contributed by atoms with E-state index in [1.807, 2.05) is 0 Å². The maximum absolute atomic E-state index is 5.33. The van der Waals surface area contributed by atoms with Gasteiger partial charge in [0.05, 0.1) is 13.2 Å². The normalized spacial score (nSPS) is 18.2. The largest absolute Gasteiger partial charge is 0.379 e. The summed E-state index contributed by atoms with van der Waals surface area (Å²) in [6, 6.07) is 4.32. The molecule has 0 bridgehead atoms. The molecule has 1 aliphatic rings. The number of rotatable bonds is 4. The molecule has 0 aliphatic carbocycles. The van der Waals surface area contributed by atoms with Gasteiger partial charge < -0.3 is 9.30 Å². The third-order valence-corrected chi connectivity index (χ3v) is 3.06. The second-order valence-electron chi connectivity index (χ2n) is 4.17. The molecule has 0 aromatic carbocycles. The Morgan fingerprint density at radius 1 is 1.33 bits per heavy atom. The van der Waals surface area contributed by atoms with Crippen LogP contribution in [-0.2, 0) is 18.2 Å². The molecular formula is C12H20N2O. The van der Waals surface area contributed by atoms with Gasteiger partial charge in [-0.25, -0.2) is 0 Å². The maximum Gasteiger partial charge on any atom is 0.0594 e. The lowest BCUT2D eigenvalue weighted by Crippen LogP contribution is -2.37. The summed E-state index contributed by atoms with van der Waals surface area (Å²) in [5, 5.41) is 0. The molecule has 0 N–H and O–H groups in total. The lowest BCUT2D eigenvalue weighted by Gasteiger charge is -2.26. The third-order valence-electron chi connectivity index (χ3n) is 3.06. The molecule has 1 aromatic heterocycles. The highest BCUT2D eigenvalue weighted by molar-refractivity contribution is 5.06. The summed E-state index contributed by atoms with van der Waals surface area (Å²) in [6.45, 7) is 5.23. The molecule has 1 saturated heterocycles. The van der Waals surface area contributed by atoms with E-state index in [2.05, 4.69) is 34.8 Å². The molecule has 0 radical (unpaired) electrons. The van der Waals surface area contributed by atoms with Gasteiger partial charge in [-0.05, 0) is 31.5 Å². The van der Waals surface area contributed by atoms with Crippen LogP contribution in [0.4, 0.5) is 0 Å². The van der Waals surface area contributed by atoms with Crippen LogP contribution < -0.4 is 0 Å². The van der Waals surface area contributed by atoms with Crippen molar-refractivity contribution in [1.82, 2.24) is 9.47 Å². The van der Waals surface area contributed by atoms with Crippen LogP contribution in [0.25, 0.3) is 0 Å². The Morgan fingerprint density at radius 3 is 2.80 bits per heavy atom. The Morgan fingerprint density at radius 2 is 2.13 bits per heavy atom. The molecule has 2 heterocycles. The van der Waals surface area contributed by atoms with Crippen LogP contribution in [-0.4, -0.2) is 42.3 Å². The van der Waals surface area contributed by atoms with Gasteiger partial charge in [0.25, 0.3) is 0 Å². The second-order valence-corrected chi connectivity index (χ2v) is 4.17. The first-order valence-electron chi connectivity index (χ1n) is 5.76. The average Bonchev–Trinajstić information content (AvgIpc) is 2.66. The van der Waals surface area contributed by atoms with Gasteiger partial charge in [0.2, 0.25) is 0 Å². The SMILES string of the molecule is Cn1cccc1CCCN1CCOCC1. The van der Waals surface area contributed by atoms with Crippen molar-refractivity contribution in [2.24, 2.45) is 7.05 Å². The van der Waals surface area contributed by atoms with E-state index in [1.165, 1.54) is 25.1 Å². The van der Waals surface area contributed by atoms with Crippen molar-refractivity contribution in [3.63, 3.8) is 0 Å². The van der Waals surface area contributed by atoms with Crippen molar-refractivity contribution in [3.8, 4) is 0 Å². The van der Waals surface area contributed by atoms with Gasteiger partial charge in [-0.1, -0.05) is 0 Å². The molecule has 84 valence electrons. The Labute approximate surface area is 91.6 Å². The molecule has 1 aliphatic heterocycles. The minimum atomic E-state index is 0.907. The Hall–Kier alpha value is -0.800. The number of morpholine rings is 1. The van der Waals surface area contributed by atoms with Gasteiger partial charge in [0.1, 0.15) is 0 Å². The Balaban J connectivity index is 1.68. The summed E-state index contributed by atoms with van der Waals surface area (Å²) in [4.78, 5) is 2.49. The van der Waals surface area contributed by atoms with Gasteiger partial charge in [-0.3, -0.25) is 4.90 Å². The van der Waals surface area contributed by atoms with E-state index in [-0.39, 0.29) is 0 Å². The fourth-order valence-electron chi connectivity index (χ4n) is 2.06. The smallest absolute Gasteiger partial charge is 0.0594 e. The lowest BCUT2D eigenvalue weighted by molar-refractivity contribution is 0.0374. The van der Waals surface area contributed by atoms with Crippen LogP contribution in [0.5, 0.6) is 0 Å². The summed E-state index contributed by atoms with van der Waals surface area (Å²) in [6.07, 6.45) is 4.54. The summed E-state index contributed by atoms with van der Waals surface area (Å²) in [5.41, 5.74) is 1.43. The van der Waals surface area contributed by atoms with Crippen LogP contribution in [0.2, 0.25) is 0 Å². The zero-order chi connectivity index (χ0) is 10.5. The standard InChI is InChI=1S/C12H20N2O/c1-13-6-2-4-12(13)5-3-7-14-8-10-15-11-9-14/h2,4,6H,3,5,7-11H2,1H3. The van der Waals surface area contributed by atoms with Crippen LogP contribution in [0.3, 0.4) is 0 Å². The summed E-state index contributed by atoms with van der Waals surface area (Å²) < 4.78 is 7.53. The van der Waals surface area contributed by atoms with E-state index in [0.29, 0.717) is 0 Å². The maximum atomic E-state index is 5.33. The topological polar surface area (TPSA) is 17.4 Å². The summed E-state index contributed by atoms with van der Waals surface area (Å²) in [5.74, 6) is 0. The molecule has 1 fully saturated rings. The van der Waals surface area contributed by atoms with E-state index in [9.17, 15) is 0 Å². The highest BCUT2D eigenvalue weighted by atomic mass is 16.5. The molecule has 0 spiro atoms. The first-order valence-corrected chi connectivity index (χ1v) is 5.76. The van der Waals surface area contributed by atoms with Gasteiger partial charge in [-0.2, -0.15) is 0 Å². The van der Waals surface area contributed by atoms with E-state index in [4.69, 9.17) is 4.74 Å². The average molecular weight is 208 g/mol. The highest BCUT2D eigenvalue weighted by Gasteiger charge is 2.09. The first kappa shape index (κ1) is 10.7. The van der Waals surface area contributed by atoms with Crippen LogP contribution in [0.1, 0.15) is 12.1 Å². The minimum Gasteiger partial charge on any atom is -0.379 e. The minimum absolute atomic E-state index is 0.907. The molecule has 0 atom stereocenters. The number of hydrogen-bond donors (Lipinski definition) is 0. The molecular weight excluding hydrogens is 188 g/mol. The Kier molecular flexibility index (Phi) is 3.80. The number of aromatic nitrogens is 1. The summed E-state index contributed by atoms with van der Waals surface area (Å²) >= 11 is 0. The third kappa shape index (κ3) is 3.08. The monoisotopic (exact) mass is 208 g/mol. The van der Waals surface area contributed by atoms with E-state index >= 15 is 0 Å². The zero-order valence-electron chi connectivity index (χ0n) is 9.48. The van der Waals surface area contributed by atoms with Gasteiger partial charge in [0.15, 0.2) is 0 Å². The van der Waals surface area contributed by atoms with E-state index in [1.54, 1.807) is 0 Å². The van der Waals surface area contributed by atoms with E-state index < -0.39 is 0 Å². The molecule has 0 amide bonds. The quantitative estimate of drug-likeness (QED) is 0.742. The zero-order valence-corrected chi connectivity index (χ0v) is 9.48. The highest BCUT2D eigenvalue weighted by Crippen LogP contribution is 2.05. The Bertz CT molecular complexity index is 290.